The normalized spacial score (nSPS) is 20.2. The van der Waals surface area contributed by atoms with E-state index in [4.69, 9.17) is 4.74 Å². The largest absolute Gasteiger partial charge is 0.387 e. The maximum Gasteiger partial charge on any atom is 0.263 e. The molecule has 1 amide bonds. The van der Waals surface area contributed by atoms with E-state index >= 15 is 0 Å². The summed E-state index contributed by atoms with van der Waals surface area (Å²) in [5.41, 5.74) is 0.143. The van der Waals surface area contributed by atoms with Gasteiger partial charge in [0.1, 0.15) is 11.6 Å². The number of carbonyl (C=O) groups excluding carboxylic acids is 1. The summed E-state index contributed by atoms with van der Waals surface area (Å²) in [4.78, 5) is 12.0. The van der Waals surface area contributed by atoms with Crippen LogP contribution in [0, 0.1) is 11.3 Å². The molecular formula is C18H32N4O2. The lowest BCUT2D eigenvalue weighted by Gasteiger charge is -2.46. The second-order valence-electron chi connectivity index (χ2n) is 7.64. The summed E-state index contributed by atoms with van der Waals surface area (Å²) in [5, 5.41) is 18.8. The molecule has 0 saturated carbocycles. The van der Waals surface area contributed by atoms with Crippen molar-refractivity contribution < 1.29 is 9.53 Å². The third-order valence-electron chi connectivity index (χ3n) is 3.97. The quantitative estimate of drug-likeness (QED) is 0.358. The lowest BCUT2D eigenvalue weighted by molar-refractivity contribution is -0.117. The number of hydrogen-bond donors (Lipinski definition) is 3. The monoisotopic (exact) mass is 336 g/mol. The second kappa shape index (κ2) is 9.05. The van der Waals surface area contributed by atoms with E-state index in [9.17, 15) is 10.1 Å². The van der Waals surface area contributed by atoms with Crippen molar-refractivity contribution in [3.05, 3.63) is 11.8 Å². The highest BCUT2D eigenvalue weighted by Crippen LogP contribution is 2.28. The molecule has 1 aliphatic rings. The zero-order chi connectivity index (χ0) is 18.2. The van der Waals surface area contributed by atoms with Crippen molar-refractivity contribution in [2.24, 2.45) is 0 Å². The van der Waals surface area contributed by atoms with Crippen LogP contribution in [-0.4, -0.2) is 42.8 Å². The highest BCUT2D eigenvalue weighted by atomic mass is 16.5. The fraction of sp³-hybridized carbons (Fsp3) is 0.778. The number of ether oxygens (including phenoxy) is 1. The average Bonchev–Trinajstić information content (AvgIpc) is 2.44. The summed E-state index contributed by atoms with van der Waals surface area (Å²) in [5.74, 6) is -0.339. The molecule has 1 aliphatic heterocycles. The Morgan fingerprint density at radius 1 is 1.33 bits per heavy atom. The Bertz CT molecular complexity index is 476. The Morgan fingerprint density at radius 2 is 1.96 bits per heavy atom. The van der Waals surface area contributed by atoms with Gasteiger partial charge in [0, 0.05) is 43.1 Å². The molecule has 6 heteroatoms. The fourth-order valence-corrected chi connectivity index (χ4v) is 3.41. The minimum absolute atomic E-state index is 0.0155. The SMILES string of the molecule is CCOCCCNC(=O)/C(C#N)=C\NC1CC(C)(C)NC(C)(C)C1. The summed E-state index contributed by atoms with van der Waals surface area (Å²) in [6.07, 6.45) is 4.16. The van der Waals surface area contributed by atoms with E-state index in [0.29, 0.717) is 19.8 Å². The molecule has 0 bridgehead atoms. The molecule has 1 rings (SSSR count). The van der Waals surface area contributed by atoms with Crippen LogP contribution in [-0.2, 0) is 9.53 Å². The number of nitrogens with one attached hydrogen (secondary N) is 3. The van der Waals surface area contributed by atoms with Gasteiger partial charge >= 0.3 is 0 Å². The summed E-state index contributed by atoms with van der Waals surface area (Å²) in [7, 11) is 0. The third-order valence-corrected chi connectivity index (χ3v) is 3.97. The lowest BCUT2D eigenvalue weighted by Crippen LogP contribution is -2.61. The molecule has 0 unspecified atom stereocenters. The van der Waals surface area contributed by atoms with Gasteiger partial charge in [0.05, 0.1) is 0 Å². The van der Waals surface area contributed by atoms with E-state index in [0.717, 1.165) is 19.3 Å². The first-order chi connectivity index (χ1) is 11.2. The van der Waals surface area contributed by atoms with Crippen LogP contribution in [0.4, 0.5) is 0 Å². The third kappa shape index (κ3) is 7.33. The van der Waals surface area contributed by atoms with Gasteiger partial charge < -0.3 is 20.7 Å². The number of nitrogens with zero attached hydrogens (tertiary/aromatic N) is 1. The van der Waals surface area contributed by atoms with E-state index in [1.54, 1.807) is 6.20 Å². The summed E-state index contributed by atoms with van der Waals surface area (Å²) < 4.78 is 5.22. The minimum atomic E-state index is -0.339. The second-order valence-corrected chi connectivity index (χ2v) is 7.64. The van der Waals surface area contributed by atoms with Gasteiger partial charge in [0.2, 0.25) is 0 Å². The molecule has 6 nitrogen and oxygen atoms in total. The summed E-state index contributed by atoms with van der Waals surface area (Å²) >= 11 is 0. The zero-order valence-corrected chi connectivity index (χ0v) is 15.7. The van der Waals surface area contributed by atoms with Crippen LogP contribution in [0.2, 0.25) is 0 Å². The van der Waals surface area contributed by atoms with Crippen LogP contribution >= 0.6 is 0 Å². The maximum atomic E-state index is 12.0. The van der Waals surface area contributed by atoms with Crippen molar-refractivity contribution in [3.63, 3.8) is 0 Å². The molecule has 1 heterocycles. The molecule has 0 aromatic rings. The molecule has 0 radical (unpaired) electrons. The van der Waals surface area contributed by atoms with Crippen LogP contribution in [0.5, 0.6) is 0 Å². The van der Waals surface area contributed by atoms with E-state index < -0.39 is 0 Å². The Hall–Kier alpha value is -1.58. The molecule has 24 heavy (non-hydrogen) atoms. The van der Waals surface area contributed by atoms with Crippen molar-refractivity contribution in [1.29, 1.82) is 5.26 Å². The van der Waals surface area contributed by atoms with Gasteiger partial charge in [0.25, 0.3) is 5.91 Å². The molecule has 1 fully saturated rings. The van der Waals surface area contributed by atoms with Gasteiger partial charge in [-0.1, -0.05) is 0 Å². The number of piperidine rings is 1. The van der Waals surface area contributed by atoms with Crippen molar-refractivity contribution in [2.75, 3.05) is 19.8 Å². The highest BCUT2D eigenvalue weighted by Gasteiger charge is 2.37. The number of amides is 1. The van der Waals surface area contributed by atoms with Gasteiger partial charge in [0.15, 0.2) is 0 Å². The molecular weight excluding hydrogens is 304 g/mol. The van der Waals surface area contributed by atoms with Crippen LogP contribution in [0.1, 0.15) is 53.9 Å². The molecule has 136 valence electrons. The van der Waals surface area contributed by atoms with Crippen molar-refractivity contribution >= 4 is 5.91 Å². The molecule has 3 N–H and O–H groups in total. The van der Waals surface area contributed by atoms with Gasteiger partial charge in [-0.25, -0.2) is 0 Å². The fourth-order valence-electron chi connectivity index (χ4n) is 3.41. The molecule has 0 aliphatic carbocycles. The standard InChI is InChI=1S/C18H32N4O2/c1-6-24-9-7-8-20-16(23)14(12-19)13-21-15-10-17(2,3)22-18(4,5)11-15/h13,15,21-22H,6-11H2,1-5H3,(H,20,23)/b14-13-. The predicted molar refractivity (Wildman–Crippen MR) is 95.3 cm³/mol. The lowest BCUT2D eigenvalue weighted by atomic mass is 9.80. The van der Waals surface area contributed by atoms with Gasteiger partial charge in [-0.3, -0.25) is 4.79 Å². The van der Waals surface area contributed by atoms with Gasteiger partial charge in [-0.05, 0) is 53.9 Å². The first-order valence-electron chi connectivity index (χ1n) is 8.71. The first-order valence-corrected chi connectivity index (χ1v) is 8.71. The van der Waals surface area contributed by atoms with E-state index in [-0.39, 0.29) is 28.6 Å². The van der Waals surface area contributed by atoms with Gasteiger partial charge in [-0.2, -0.15) is 5.26 Å². The molecule has 0 spiro atoms. The Balaban J connectivity index is 2.53. The van der Waals surface area contributed by atoms with Crippen LogP contribution in [0.3, 0.4) is 0 Å². The van der Waals surface area contributed by atoms with Crippen molar-refractivity contribution in [2.45, 2.75) is 71.0 Å². The van der Waals surface area contributed by atoms with Crippen LogP contribution in [0.25, 0.3) is 0 Å². The summed E-state index contributed by atoms with van der Waals surface area (Å²) in [6.45, 7) is 12.4. The topological polar surface area (TPSA) is 86.2 Å². The van der Waals surface area contributed by atoms with E-state index in [2.05, 4.69) is 43.6 Å². The maximum absolute atomic E-state index is 12.0. The van der Waals surface area contributed by atoms with Crippen LogP contribution in [0.15, 0.2) is 11.8 Å². The molecule has 0 aromatic heterocycles. The highest BCUT2D eigenvalue weighted by molar-refractivity contribution is 5.97. The molecule has 0 atom stereocenters. The number of rotatable bonds is 8. The number of carbonyl (C=O) groups is 1. The Kier molecular flexibility index (Phi) is 7.71. The van der Waals surface area contributed by atoms with Crippen molar-refractivity contribution in [3.8, 4) is 6.07 Å². The first kappa shape index (κ1) is 20.5. The zero-order valence-electron chi connectivity index (χ0n) is 15.7. The number of nitriles is 1. The average molecular weight is 336 g/mol. The van der Waals surface area contributed by atoms with Gasteiger partial charge in [-0.15, -0.1) is 0 Å². The Labute approximate surface area is 146 Å². The van der Waals surface area contributed by atoms with E-state index in [1.165, 1.54) is 0 Å². The predicted octanol–water partition coefficient (Wildman–Crippen LogP) is 1.84. The van der Waals surface area contributed by atoms with Crippen molar-refractivity contribution in [1.82, 2.24) is 16.0 Å². The molecule has 1 saturated heterocycles. The van der Waals surface area contributed by atoms with E-state index in [1.807, 2.05) is 13.0 Å². The Morgan fingerprint density at radius 3 is 2.50 bits per heavy atom. The summed E-state index contributed by atoms with van der Waals surface area (Å²) in [6, 6.07) is 2.20. The minimum Gasteiger partial charge on any atom is -0.387 e. The number of hydrogen-bond acceptors (Lipinski definition) is 5. The van der Waals surface area contributed by atoms with Crippen LogP contribution < -0.4 is 16.0 Å². The molecule has 0 aromatic carbocycles. The smallest absolute Gasteiger partial charge is 0.263 e.